The topological polar surface area (TPSA) is 104 Å². The molecule has 3 aromatic carbocycles. The predicted molar refractivity (Wildman–Crippen MR) is 126 cm³/mol. The molecule has 0 aliphatic heterocycles. The van der Waals surface area contributed by atoms with Crippen LogP contribution >= 0.6 is 0 Å². The summed E-state index contributed by atoms with van der Waals surface area (Å²) in [6.07, 6.45) is 2.05. The van der Waals surface area contributed by atoms with Crippen LogP contribution in [0.1, 0.15) is 44.7 Å². The molecule has 4 rings (SSSR count). The number of benzene rings is 3. The van der Waals surface area contributed by atoms with Crippen molar-refractivity contribution >= 4 is 27.5 Å². The monoisotopic (exact) mass is 481 g/mol. The second kappa shape index (κ2) is 9.64. The standard InChI is InChI=1S/C25H24FN3O4S/c1-16-14-22(12-13-23(16)26)34(32,33)29-21-8-6-18(7-9-21)24(30)27-15-17-2-4-19(5-3-17)25(31)28-20-10-11-20/h2-9,12-14,20,29H,10-11,15H2,1H3,(H,27,30)(H,28,31). The van der Waals surface area contributed by atoms with Gasteiger partial charge in [0, 0.05) is 29.4 Å². The number of carbonyl (C=O) groups excluding carboxylic acids is 2. The Morgan fingerprint density at radius 2 is 1.53 bits per heavy atom. The number of carbonyl (C=O) groups is 2. The van der Waals surface area contributed by atoms with Crippen molar-refractivity contribution in [1.29, 1.82) is 0 Å². The average molecular weight is 482 g/mol. The van der Waals surface area contributed by atoms with E-state index in [4.69, 9.17) is 0 Å². The van der Waals surface area contributed by atoms with Crippen LogP contribution in [-0.4, -0.2) is 26.3 Å². The Labute approximate surface area is 197 Å². The molecule has 3 aromatic rings. The number of sulfonamides is 1. The summed E-state index contributed by atoms with van der Waals surface area (Å²) < 4.78 is 40.9. The van der Waals surface area contributed by atoms with E-state index in [1.807, 2.05) is 0 Å². The van der Waals surface area contributed by atoms with E-state index in [-0.39, 0.29) is 34.5 Å². The van der Waals surface area contributed by atoms with Crippen molar-refractivity contribution in [3.8, 4) is 0 Å². The maximum Gasteiger partial charge on any atom is 0.261 e. The van der Waals surface area contributed by atoms with Crippen molar-refractivity contribution in [1.82, 2.24) is 10.6 Å². The summed E-state index contributed by atoms with van der Waals surface area (Å²) >= 11 is 0. The van der Waals surface area contributed by atoms with Gasteiger partial charge in [-0.15, -0.1) is 0 Å². The van der Waals surface area contributed by atoms with Gasteiger partial charge in [-0.25, -0.2) is 12.8 Å². The Bertz CT molecular complexity index is 1320. The molecule has 1 saturated carbocycles. The first-order valence-corrected chi connectivity index (χ1v) is 12.3. The van der Waals surface area contributed by atoms with E-state index in [1.54, 1.807) is 24.3 Å². The van der Waals surface area contributed by atoms with Crippen LogP contribution in [-0.2, 0) is 16.6 Å². The molecule has 1 aliphatic carbocycles. The van der Waals surface area contributed by atoms with Crippen LogP contribution in [0.25, 0.3) is 0 Å². The lowest BCUT2D eigenvalue weighted by Gasteiger charge is -2.10. The maximum atomic E-state index is 13.4. The normalized spacial score (nSPS) is 13.2. The molecule has 0 spiro atoms. The van der Waals surface area contributed by atoms with Gasteiger partial charge in [-0.1, -0.05) is 12.1 Å². The van der Waals surface area contributed by atoms with Gasteiger partial charge in [0.25, 0.3) is 21.8 Å². The fourth-order valence-electron chi connectivity index (χ4n) is 3.24. The van der Waals surface area contributed by atoms with Crippen molar-refractivity contribution < 1.29 is 22.4 Å². The van der Waals surface area contributed by atoms with Crippen molar-refractivity contribution in [3.63, 3.8) is 0 Å². The molecule has 0 aromatic heterocycles. The van der Waals surface area contributed by atoms with E-state index in [0.29, 0.717) is 17.2 Å². The highest BCUT2D eigenvalue weighted by Crippen LogP contribution is 2.20. The van der Waals surface area contributed by atoms with E-state index >= 15 is 0 Å². The highest BCUT2D eigenvalue weighted by molar-refractivity contribution is 7.92. The average Bonchev–Trinajstić information content (AvgIpc) is 3.63. The molecule has 0 atom stereocenters. The first-order valence-electron chi connectivity index (χ1n) is 10.8. The van der Waals surface area contributed by atoms with E-state index in [2.05, 4.69) is 15.4 Å². The Hall–Kier alpha value is -3.72. The first kappa shape index (κ1) is 23.4. The molecule has 2 amide bonds. The number of halogens is 1. The van der Waals surface area contributed by atoms with Crippen molar-refractivity contribution in [2.24, 2.45) is 0 Å². The minimum absolute atomic E-state index is 0.0516. The van der Waals surface area contributed by atoms with Gasteiger partial charge in [0.15, 0.2) is 0 Å². The summed E-state index contributed by atoms with van der Waals surface area (Å²) in [5, 5.41) is 5.72. The molecule has 0 heterocycles. The zero-order valence-corrected chi connectivity index (χ0v) is 19.3. The largest absolute Gasteiger partial charge is 0.349 e. The molecular weight excluding hydrogens is 457 g/mol. The first-order chi connectivity index (χ1) is 16.2. The molecular formula is C25H24FN3O4S. The van der Waals surface area contributed by atoms with Crippen LogP contribution in [0.4, 0.5) is 10.1 Å². The summed E-state index contributed by atoms with van der Waals surface area (Å²) in [7, 11) is -3.89. The van der Waals surface area contributed by atoms with Gasteiger partial charge in [0.2, 0.25) is 0 Å². The predicted octanol–water partition coefficient (Wildman–Crippen LogP) is 3.76. The molecule has 1 aliphatic rings. The summed E-state index contributed by atoms with van der Waals surface area (Å²) in [6, 6.07) is 16.9. The highest BCUT2D eigenvalue weighted by atomic mass is 32.2. The number of anilines is 1. The van der Waals surface area contributed by atoms with Crippen LogP contribution in [0, 0.1) is 12.7 Å². The van der Waals surface area contributed by atoms with Gasteiger partial charge in [-0.3, -0.25) is 14.3 Å². The van der Waals surface area contributed by atoms with Gasteiger partial charge >= 0.3 is 0 Å². The maximum absolute atomic E-state index is 13.4. The lowest BCUT2D eigenvalue weighted by molar-refractivity contribution is 0.0941. The van der Waals surface area contributed by atoms with E-state index in [9.17, 15) is 22.4 Å². The molecule has 7 nitrogen and oxygen atoms in total. The fraction of sp³-hybridized carbons (Fsp3) is 0.200. The molecule has 176 valence electrons. The lowest BCUT2D eigenvalue weighted by Crippen LogP contribution is -2.25. The molecule has 1 fully saturated rings. The van der Waals surface area contributed by atoms with Gasteiger partial charge in [0.1, 0.15) is 5.82 Å². The van der Waals surface area contributed by atoms with Crippen LogP contribution in [0.3, 0.4) is 0 Å². The number of nitrogens with one attached hydrogen (secondary N) is 3. The third kappa shape index (κ3) is 5.79. The lowest BCUT2D eigenvalue weighted by atomic mass is 10.1. The molecule has 3 N–H and O–H groups in total. The van der Waals surface area contributed by atoms with Crippen LogP contribution in [0.15, 0.2) is 71.6 Å². The van der Waals surface area contributed by atoms with E-state index in [1.165, 1.54) is 43.3 Å². The zero-order valence-electron chi connectivity index (χ0n) is 18.5. The molecule has 0 saturated heterocycles. The molecule has 34 heavy (non-hydrogen) atoms. The van der Waals surface area contributed by atoms with Crippen LogP contribution in [0.5, 0.6) is 0 Å². The second-order valence-electron chi connectivity index (χ2n) is 8.22. The van der Waals surface area contributed by atoms with Crippen LogP contribution < -0.4 is 15.4 Å². The van der Waals surface area contributed by atoms with E-state index in [0.717, 1.165) is 24.5 Å². The Morgan fingerprint density at radius 1 is 0.912 bits per heavy atom. The number of aryl methyl sites for hydroxylation is 1. The number of hydrogen-bond donors (Lipinski definition) is 3. The number of amides is 2. The van der Waals surface area contributed by atoms with Gasteiger partial charge in [0.05, 0.1) is 4.90 Å². The fourth-order valence-corrected chi connectivity index (χ4v) is 4.39. The molecule has 0 unspecified atom stereocenters. The second-order valence-corrected chi connectivity index (χ2v) is 9.90. The third-order valence-electron chi connectivity index (χ3n) is 5.42. The Morgan fingerprint density at radius 3 is 2.15 bits per heavy atom. The summed E-state index contributed by atoms with van der Waals surface area (Å²) in [4.78, 5) is 24.4. The number of hydrogen-bond acceptors (Lipinski definition) is 4. The molecule has 9 heteroatoms. The van der Waals surface area contributed by atoms with E-state index < -0.39 is 15.8 Å². The smallest absolute Gasteiger partial charge is 0.261 e. The summed E-state index contributed by atoms with van der Waals surface area (Å²) in [5.41, 5.74) is 2.29. The highest BCUT2D eigenvalue weighted by Gasteiger charge is 2.23. The minimum Gasteiger partial charge on any atom is -0.349 e. The van der Waals surface area contributed by atoms with Gasteiger partial charge < -0.3 is 10.6 Å². The SMILES string of the molecule is Cc1cc(S(=O)(=O)Nc2ccc(C(=O)NCc3ccc(C(=O)NC4CC4)cc3)cc2)ccc1F. The van der Waals surface area contributed by atoms with Crippen molar-refractivity contribution in [3.05, 3.63) is 94.8 Å². The van der Waals surface area contributed by atoms with Crippen molar-refractivity contribution in [2.75, 3.05) is 4.72 Å². The van der Waals surface area contributed by atoms with Gasteiger partial charge in [-0.05, 0) is 85.5 Å². The summed E-state index contributed by atoms with van der Waals surface area (Å²) in [5.74, 6) is -0.896. The third-order valence-corrected chi connectivity index (χ3v) is 6.80. The Balaban J connectivity index is 1.33. The zero-order chi connectivity index (χ0) is 24.3. The number of rotatable bonds is 8. The Kier molecular flexibility index (Phi) is 6.65. The minimum atomic E-state index is -3.89. The molecule has 0 radical (unpaired) electrons. The van der Waals surface area contributed by atoms with Crippen molar-refractivity contribution in [2.45, 2.75) is 37.2 Å². The van der Waals surface area contributed by atoms with Crippen LogP contribution in [0.2, 0.25) is 0 Å². The summed E-state index contributed by atoms with van der Waals surface area (Å²) in [6.45, 7) is 1.77. The quantitative estimate of drug-likeness (QED) is 0.456. The van der Waals surface area contributed by atoms with Gasteiger partial charge in [-0.2, -0.15) is 0 Å². The molecule has 0 bridgehead atoms.